The molecule has 5 heteroatoms. The Morgan fingerprint density at radius 2 is 2.00 bits per heavy atom. The van der Waals surface area contributed by atoms with Crippen molar-refractivity contribution in [3.8, 4) is 0 Å². The Bertz CT molecular complexity index is 402. The molecule has 1 aliphatic heterocycles. The maximum atomic E-state index is 12.6. The summed E-state index contributed by atoms with van der Waals surface area (Å²) in [6.07, 6.45) is 8.39. The van der Waals surface area contributed by atoms with Crippen LogP contribution in [0.25, 0.3) is 0 Å². The molecule has 0 aromatic heterocycles. The largest absolute Gasteiger partial charge is 0.481 e. The van der Waals surface area contributed by atoms with Crippen molar-refractivity contribution < 1.29 is 14.7 Å². The normalized spacial score (nSPS) is 25.4. The van der Waals surface area contributed by atoms with Gasteiger partial charge < -0.3 is 10.4 Å². The van der Waals surface area contributed by atoms with Crippen LogP contribution < -0.4 is 5.32 Å². The maximum Gasteiger partial charge on any atom is 0.305 e. The Kier molecular flexibility index (Phi) is 5.39. The number of hydrogen-bond acceptors (Lipinski definition) is 3. The molecule has 2 rings (SSSR count). The highest BCUT2D eigenvalue weighted by atomic mass is 16.4. The molecule has 1 saturated heterocycles. The van der Waals surface area contributed by atoms with Gasteiger partial charge in [-0.05, 0) is 32.2 Å². The van der Waals surface area contributed by atoms with Crippen molar-refractivity contribution in [1.29, 1.82) is 0 Å². The standard InChI is InChI=1S/C16H26N2O3/c1-2-10-18-11-6-7-13(18)15(21)17-16(12-14(19)20)8-4-3-5-9-16/h2,13H,1,3-12H2,(H,17,21)(H,19,20)/t13-/m0/s1. The summed E-state index contributed by atoms with van der Waals surface area (Å²) in [6.45, 7) is 5.36. The highest BCUT2D eigenvalue weighted by molar-refractivity contribution is 5.83. The van der Waals surface area contributed by atoms with E-state index in [9.17, 15) is 14.7 Å². The fourth-order valence-electron chi connectivity index (χ4n) is 3.72. The first-order valence-corrected chi connectivity index (χ1v) is 7.95. The summed E-state index contributed by atoms with van der Waals surface area (Å²) in [6, 6.07) is -0.129. The molecule has 0 bridgehead atoms. The molecule has 1 aliphatic carbocycles. The van der Waals surface area contributed by atoms with E-state index in [1.807, 2.05) is 6.08 Å². The minimum absolute atomic E-state index is 0.00231. The second kappa shape index (κ2) is 7.07. The van der Waals surface area contributed by atoms with Gasteiger partial charge in [-0.1, -0.05) is 25.3 Å². The number of carboxylic acid groups (broad SMARTS) is 1. The predicted octanol–water partition coefficient (Wildman–Crippen LogP) is 1.93. The van der Waals surface area contributed by atoms with Gasteiger partial charge in [0.25, 0.3) is 0 Å². The van der Waals surface area contributed by atoms with Crippen molar-refractivity contribution in [1.82, 2.24) is 10.2 Å². The molecule has 0 aromatic carbocycles. The Morgan fingerprint density at radius 3 is 2.62 bits per heavy atom. The number of nitrogens with zero attached hydrogens (tertiary/aromatic N) is 1. The summed E-state index contributed by atoms with van der Waals surface area (Å²) >= 11 is 0. The van der Waals surface area contributed by atoms with Gasteiger partial charge in [0.2, 0.25) is 5.91 Å². The van der Waals surface area contributed by atoms with Crippen LogP contribution >= 0.6 is 0 Å². The Hall–Kier alpha value is -1.36. The van der Waals surface area contributed by atoms with Gasteiger partial charge in [0.15, 0.2) is 0 Å². The number of amides is 1. The third-order valence-electron chi connectivity index (χ3n) is 4.72. The van der Waals surface area contributed by atoms with Crippen LogP contribution in [0.4, 0.5) is 0 Å². The van der Waals surface area contributed by atoms with Crippen molar-refractivity contribution in [3.63, 3.8) is 0 Å². The number of carbonyl (C=O) groups is 2. The monoisotopic (exact) mass is 294 g/mol. The van der Waals surface area contributed by atoms with Crippen LogP contribution in [0.15, 0.2) is 12.7 Å². The Labute approximate surface area is 126 Å². The second-order valence-electron chi connectivity index (χ2n) is 6.34. The summed E-state index contributed by atoms with van der Waals surface area (Å²) < 4.78 is 0. The molecule has 2 N–H and O–H groups in total. The smallest absolute Gasteiger partial charge is 0.305 e. The van der Waals surface area contributed by atoms with E-state index in [0.717, 1.165) is 51.5 Å². The van der Waals surface area contributed by atoms with E-state index in [-0.39, 0.29) is 18.4 Å². The van der Waals surface area contributed by atoms with E-state index in [2.05, 4.69) is 16.8 Å². The first-order valence-electron chi connectivity index (χ1n) is 7.95. The summed E-state index contributed by atoms with van der Waals surface area (Å²) in [4.78, 5) is 25.9. The summed E-state index contributed by atoms with van der Waals surface area (Å²) in [5, 5.41) is 12.3. The minimum atomic E-state index is -0.827. The molecule has 1 atom stereocenters. The fourth-order valence-corrected chi connectivity index (χ4v) is 3.72. The van der Waals surface area contributed by atoms with Crippen molar-refractivity contribution in [2.75, 3.05) is 13.1 Å². The average molecular weight is 294 g/mol. The van der Waals surface area contributed by atoms with E-state index in [0.29, 0.717) is 6.54 Å². The molecule has 0 aromatic rings. The zero-order valence-corrected chi connectivity index (χ0v) is 12.6. The first-order chi connectivity index (χ1) is 10.1. The molecule has 21 heavy (non-hydrogen) atoms. The number of likely N-dealkylation sites (tertiary alicyclic amines) is 1. The summed E-state index contributed by atoms with van der Waals surface area (Å²) in [7, 11) is 0. The molecule has 0 radical (unpaired) electrons. The summed E-state index contributed by atoms with van der Waals surface area (Å²) in [5.74, 6) is -0.830. The Morgan fingerprint density at radius 1 is 1.29 bits per heavy atom. The molecule has 0 spiro atoms. The van der Waals surface area contributed by atoms with Gasteiger partial charge >= 0.3 is 5.97 Å². The number of carbonyl (C=O) groups excluding carboxylic acids is 1. The summed E-state index contributed by atoms with van der Waals surface area (Å²) in [5.41, 5.74) is -0.538. The number of rotatable bonds is 6. The van der Waals surface area contributed by atoms with Crippen molar-refractivity contribution in [2.45, 2.75) is 62.9 Å². The quantitative estimate of drug-likeness (QED) is 0.734. The van der Waals surface area contributed by atoms with Crippen LogP contribution in [-0.4, -0.2) is 46.6 Å². The van der Waals surface area contributed by atoms with E-state index >= 15 is 0 Å². The average Bonchev–Trinajstić information content (AvgIpc) is 2.87. The predicted molar refractivity (Wildman–Crippen MR) is 81.0 cm³/mol. The number of carboxylic acids is 1. The molecule has 2 aliphatic rings. The highest BCUT2D eigenvalue weighted by Crippen LogP contribution is 2.32. The van der Waals surface area contributed by atoms with Crippen LogP contribution in [-0.2, 0) is 9.59 Å². The Balaban J connectivity index is 2.03. The number of aliphatic carboxylic acids is 1. The van der Waals surface area contributed by atoms with Gasteiger partial charge in [-0.15, -0.1) is 6.58 Å². The van der Waals surface area contributed by atoms with Crippen molar-refractivity contribution >= 4 is 11.9 Å². The SMILES string of the molecule is C=CCN1CCC[C@H]1C(=O)NC1(CC(=O)O)CCCCC1. The lowest BCUT2D eigenvalue weighted by molar-refractivity contribution is -0.140. The van der Waals surface area contributed by atoms with Crippen molar-refractivity contribution in [2.24, 2.45) is 0 Å². The van der Waals surface area contributed by atoms with Crippen LogP contribution in [0.2, 0.25) is 0 Å². The molecule has 1 saturated carbocycles. The van der Waals surface area contributed by atoms with Gasteiger partial charge in [0, 0.05) is 6.54 Å². The zero-order chi connectivity index (χ0) is 15.3. The maximum absolute atomic E-state index is 12.6. The molecule has 118 valence electrons. The van der Waals surface area contributed by atoms with Crippen LogP contribution in [0.5, 0.6) is 0 Å². The van der Waals surface area contributed by atoms with E-state index < -0.39 is 11.5 Å². The molecule has 2 fully saturated rings. The van der Waals surface area contributed by atoms with Crippen LogP contribution in [0.3, 0.4) is 0 Å². The zero-order valence-electron chi connectivity index (χ0n) is 12.6. The number of nitrogens with one attached hydrogen (secondary N) is 1. The van der Waals surface area contributed by atoms with Crippen molar-refractivity contribution in [3.05, 3.63) is 12.7 Å². The van der Waals surface area contributed by atoms with E-state index in [4.69, 9.17) is 0 Å². The van der Waals surface area contributed by atoms with Crippen LogP contribution in [0, 0.1) is 0 Å². The minimum Gasteiger partial charge on any atom is -0.481 e. The molecule has 0 unspecified atom stereocenters. The topological polar surface area (TPSA) is 69.6 Å². The molecule has 1 heterocycles. The van der Waals surface area contributed by atoms with E-state index in [1.54, 1.807) is 0 Å². The van der Waals surface area contributed by atoms with Gasteiger partial charge in [0.1, 0.15) is 0 Å². The molecular weight excluding hydrogens is 268 g/mol. The lowest BCUT2D eigenvalue weighted by Crippen LogP contribution is -2.55. The van der Waals surface area contributed by atoms with Gasteiger partial charge in [0.05, 0.1) is 18.0 Å². The third kappa shape index (κ3) is 4.06. The lowest BCUT2D eigenvalue weighted by atomic mass is 9.79. The molecular formula is C16H26N2O3. The van der Waals surface area contributed by atoms with E-state index in [1.165, 1.54) is 0 Å². The molecule has 5 nitrogen and oxygen atoms in total. The third-order valence-corrected chi connectivity index (χ3v) is 4.72. The van der Waals surface area contributed by atoms with Gasteiger partial charge in [-0.3, -0.25) is 14.5 Å². The molecule has 1 amide bonds. The van der Waals surface area contributed by atoms with Gasteiger partial charge in [-0.2, -0.15) is 0 Å². The highest BCUT2D eigenvalue weighted by Gasteiger charge is 2.39. The second-order valence-corrected chi connectivity index (χ2v) is 6.34. The fraction of sp³-hybridized carbons (Fsp3) is 0.750. The first kappa shape index (κ1) is 16.0. The number of hydrogen-bond donors (Lipinski definition) is 2. The lowest BCUT2D eigenvalue weighted by Gasteiger charge is -2.38. The van der Waals surface area contributed by atoms with Crippen LogP contribution in [0.1, 0.15) is 51.4 Å². The van der Waals surface area contributed by atoms with Gasteiger partial charge in [-0.25, -0.2) is 0 Å².